The molecule has 0 spiro atoms. The van der Waals surface area contributed by atoms with Gasteiger partial charge in [0.15, 0.2) is 0 Å². The molecule has 2 rings (SSSR count). The highest BCUT2D eigenvalue weighted by Crippen LogP contribution is 2.23. The number of esters is 1. The number of aryl methyl sites for hydroxylation is 1. The molecule has 0 radical (unpaired) electrons. The Balaban J connectivity index is 1.94. The van der Waals surface area contributed by atoms with Crippen LogP contribution in [0.1, 0.15) is 41.2 Å². The van der Waals surface area contributed by atoms with Crippen LogP contribution in [0.4, 0.5) is 5.13 Å². The first kappa shape index (κ1) is 17.9. The fourth-order valence-corrected chi connectivity index (χ4v) is 2.67. The van der Waals surface area contributed by atoms with E-state index in [2.05, 4.69) is 22.4 Å². The van der Waals surface area contributed by atoms with Gasteiger partial charge in [-0.3, -0.25) is 5.43 Å². The highest BCUT2D eigenvalue weighted by molar-refractivity contribution is 7.17. The number of nitrogens with zero attached hydrogens (tertiary/aromatic N) is 2. The van der Waals surface area contributed by atoms with Crippen LogP contribution in [0.3, 0.4) is 0 Å². The molecule has 24 heavy (non-hydrogen) atoms. The molecule has 1 aromatic carbocycles. The molecule has 0 bridgehead atoms. The molecule has 2 aromatic rings. The van der Waals surface area contributed by atoms with Crippen molar-refractivity contribution in [3.8, 4) is 5.75 Å². The first-order chi connectivity index (χ1) is 11.6. The summed E-state index contributed by atoms with van der Waals surface area (Å²) < 4.78 is 10.5. The van der Waals surface area contributed by atoms with Crippen molar-refractivity contribution < 1.29 is 14.3 Å². The van der Waals surface area contributed by atoms with Gasteiger partial charge in [0.05, 0.1) is 25.1 Å². The number of ether oxygens (including phenoxy) is 2. The summed E-state index contributed by atoms with van der Waals surface area (Å²) in [4.78, 5) is 16.5. The maximum absolute atomic E-state index is 11.8. The molecule has 1 aromatic heterocycles. The lowest BCUT2D eigenvalue weighted by molar-refractivity contribution is 0.0531. The Morgan fingerprint density at radius 3 is 2.75 bits per heavy atom. The second kappa shape index (κ2) is 9.02. The average molecular weight is 347 g/mol. The van der Waals surface area contributed by atoms with E-state index in [9.17, 15) is 4.79 Å². The molecule has 0 unspecified atom stereocenters. The third kappa shape index (κ3) is 5.06. The number of hydrazone groups is 1. The van der Waals surface area contributed by atoms with Crippen molar-refractivity contribution in [2.75, 3.05) is 18.6 Å². The van der Waals surface area contributed by atoms with Gasteiger partial charge in [-0.2, -0.15) is 5.10 Å². The summed E-state index contributed by atoms with van der Waals surface area (Å²) in [6.45, 7) is 6.67. The largest absolute Gasteiger partial charge is 0.494 e. The zero-order valence-corrected chi connectivity index (χ0v) is 14.9. The van der Waals surface area contributed by atoms with Gasteiger partial charge < -0.3 is 9.47 Å². The fourth-order valence-electron chi connectivity index (χ4n) is 1.86. The Morgan fingerprint density at radius 2 is 2.08 bits per heavy atom. The Kier molecular flexibility index (Phi) is 6.74. The SMILES string of the molecule is CCCOc1ccc(/C=N/Nc2nc(C)c(C(=O)OCC)s2)cc1. The van der Waals surface area contributed by atoms with Crippen LogP contribution < -0.4 is 10.2 Å². The quantitative estimate of drug-likeness (QED) is 0.446. The number of hydrogen-bond donors (Lipinski definition) is 1. The van der Waals surface area contributed by atoms with Crippen molar-refractivity contribution >= 4 is 28.7 Å². The number of nitrogens with one attached hydrogen (secondary N) is 1. The maximum Gasteiger partial charge on any atom is 0.350 e. The number of benzene rings is 1. The van der Waals surface area contributed by atoms with Gasteiger partial charge in [-0.15, -0.1) is 0 Å². The van der Waals surface area contributed by atoms with E-state index in [1.165, 1.54) is 11.3 Å². The van der Waals surface area contributed by atoms with Crippen molar-refractivity contribution in [1.82, 2.24) is 4.98 Å². The first-order valence-corrected chi connectivity index (χ1v) is 8.62. The third-order valence-electron chi connectivity index (χ3n) is 2.98. The molecule has 0 saturated heterocycles. The standard InChI is InChI=1S/C17H21N3O3S/c1-4-10-23-14-8-6-13(7-9-14)11-18-20-17-19-12(3)15(24-17)16(21)22-5-2/h6-9,11H,4-5,10H2,1-3H3,(H,19,20)/b18-11+. The third-order valence-corrected chi connectivity index (χ3v) is 4.03. The molecule has 0 aliphatic rings. The summed E-state index contributed by atoms with van der Waals surface area (Å²) in [5.74, 6) is 0.490. The van der Waals surface area contributed by atoms with Crippen LogP contribution in [0.5, 0.6) is 5.75 Å². The van der Waals surface area contributed by atoms with E-state index in [-0.39, 0.29) is 5.97 Å². The van der Waals surface area contributed by atoms with E-state index < -0.39 is 0 Å². The zero-order valence-electron chi connectivity index (χ0n) is 14.0. The molecular formula is C17H21N3O3S. The van der Waals surface area contributed by atoms with Crippen molar-refractivity contribution in [3.63, 3.8) is 0 Å². The van der Waals surface area contributed by atoms with Crippen LogP contribution in [0.15, 0.2) is 29.4 Å². The van der Waals surface area contributed by atoms with E-state index in [0.717, 1.165) is 17.7 Å². The molecule has 0 atom stereocenters. The minimum atomic E-state index is -0.354. The summed E-state index contributed by atoms with van der Waals surface area (Å²) in [5, 5.41) is 4.69. The Morgan fingerprint density at radius 1 is 1.33 bits per heavy atom. The number of hydrogen-bond acceptors (Lipinski definition) is 7. The van der Waals surface area contributed by atoms with E-state index in [1.807, 2.05) is 24.3 Å². The molecule has 0 amide bonds. The van der Waals surface area contributed by atoms with Crippen molar-refractivity contribution in [3.05, 3.63) is 40.4 Å². The van der Waals surface area contributed by atoms with E-state index >= 15 is 0 Å². The number of aromatic nitrogens is 1. The lowest BCUT2D eigenvalue weighted by Crippen LogP contribution is -2.03. The zero-order chi connectivity index (χ0) is 17.4. The van der Waals surface area contributed by atoms with E-state index in [0.29, 0.717) is 28.9 Å². The number of carbonyl (C=O) groups excluding carboxylic acids is 1. The van der Waals surface area contributed by atoms with Crippen LogP contribution in [0.25, 0.3) is 0 Å². The van der Waals surface area contributed by atoms with Crippen LogP contribution >= 0.6 is 11.3 Å². The van der Waals surface area contributed by atoms with Gasteiger partial charge in [0, 0.05) is 0 Å². The van der Waals surface area contributed by atoms with E-state index in [4.69, 9.17) is 9.47 Å². The van der Waals surface area contributed by atoms with Crippen LogP contribution in [-0.4, -0.2) is 30.4 Å². The van der Waals surface area contributed by atoms with Crippen molar-refractivity contribution in [2.45, 2.75) is 27.2 Å². The topological polar surface area (TPSA) is 72.8 Å². The van der Waals surface area contributed by atoms with Gasteiger partial charge in [0.1, 0.15) is 10.6 Å². The fraction of sp³-hybridized carbons (Fsp3) is 0.353. The van der Waals surface area contributed by atoms with Crippen LogP contribution in [0.2, 0.25) is 0 Å². The molecule has 1 heterocycles. The molecule has 0 aliphatic carbocycles. The first-order valence-electron chi connectivity index (χ1n) is 7.80. The molecule has 6 nitrogen and oxygen atoms in total. The van der Waals surface area contributed by atoms with Crippen LogP contribution in [0, 0.1) is 6.92 Å². The molecule has 128 valence electrons. The minimum Gasteiger partial charge on any atom is -0.494 e. The number of rotatable bonds is 8. The summed E-state index contributed by atoms with van der Waals surface area (Å²) in [6, 6.07) is 7.66. The second-order valence-electron chi connectivity index (χ2n) is 4.94. The summed E-state index contributed by atoms with van der Waals surface area (Å²) in [5.41, 5.74) is 4.41. The minimum absolute atomic E-state index is 0.342. The smallest absolute Gasteiger partial charge is 0.350 e. The number of thiazole rings is 1. The molecule has 0 saturated carbocycles. The Hall–Kier alpha value is -2.41. The van der Waals surface area contributed by atoms with Crippen molar-refractivity contribution in [1.29, 1.82) is 0 Å². The molecule has 7 heteroatoms. The maximum atomic E-state index is 11.8. The predicted octanol–water partition coefficient (Wildman–Crippen LogP) is 3.86. The van der Waals surface area contributed by atoms with Crippen molar-refractivity contribution in [2.24, 2.45) is 5.10 Å². The van der Waals surface area contributed by atoms with Gasteiger partial charge in [-0.05, 0) is 50.1 Å². The monoisotopic (exact) mass is 347 g/mol. The van der Waals surface area contributed by atoms with E-state index in [1.54, 1.807) is 20.1 Å². The summed E-state index contributed by atoms with van der Waals surface area (Å²) in [7, 11) is 0. The predicted molar refractivity (Wildman–Crippen MR) is 96.3 cm³/mol. The summed E-state index contributed by atoms with van der Waals surface area (Å²) in [6.07, 6.45) is 2.67. The number of carbonyl (C=O) groups is 1. The van der Waals surface area contributed by atoms with Crippen LogP contribution in [-0.2, 0) is 4.74 Å². The Labute approximate surface area is 145 Å². The van der Waals surface area contributed by atoms with Gasteiger partial charge in [0.2, 0.25) is 5.13 Å². The van der Waals surface area contributed by atoms with Gasteiger partial charge in [-0.1, -0.05) is 18.3 Å². The lowest BCUT2D eigenvalue weighted by atomic mass is 10.2. The summed E-state index contributed by atoms with van der Waals surface area (Å²) >= 11 is 1.22. The number of anilines is 1. The highest BCUT2D eigenvalue weighted by Gasteiger charge is 2.15. The lowest BCUT2D eigenvalue weighted by Gasteiger charge is -2.03. The normalized spacial score (nSPS) is 10.8. The molecule has 0 fully saturated rings. The van der Waals surface area contributed by atoms with Gasteiger partial charge in [0.25, 0.3) is 0 Å². The second-order valence-corrected chi connectivity index (χ2v) is 5.94. The van der Waals surface area contributed by atoms with Gasteiger partial charge >= 0.3 is 5.97 Å². The Bertz CT molecular complexity index is 696. The average Bonchev–Trinajstić information content (AvgIpc) is 2.95. The molecule has 0 aliphatic heterocycles. The highest BCUT2D eigenvalue weighted by atomic mass is 32.1. The van der Waals surface area contributed by atoms with Gasteiger partial charge in [-0.25, -0.2) is 9.78 Å². The molecular weight excluding hydrogens is 326 g/mol. The molecule has 1 N–H and O–H groups in total.